The lowest BCUT2D eigenvalue weighted by molar-refractivity contribution is -0.120. The van der Waals surface area contributed by atoms with Gasteiger partial charge in [-0.05, 0) is 54.7 Å². The van der Waals surface area contributed by atoms with E-state index < -0.39 is 11.8 Å². The number of nitrogens with zero attached hydrogens (tertiary/aromatic N) is 2. The van der Waals surface area contributed by atoms with Crippen LogP contribution in [0.25, 0.3) is 0 Å². The maximum Gasteiger partial charge on any atom is 0.279 e. The Balaban J connectivity index is 1.89. The summed E-state index contributed by atoms with van der Waals surface area (Å²) in [7, 11) is 0. The molecule has 1 amide bonds. The van der Waals surface area contributed by atoms with E-state index in [1.807, 2.05) is 12.1 Å². The molecule has 1 heterocycles. The predicted octanol–water partition coefficient (Wildman–Crippen LogP) is 6.44. The zero-order valence-corrected chi connectivity index (χ0v) is 20.9. The molecule has 2 aromatic rings. The van der Waals surface area contributed by atoms with Crippen molar-refractivity contribution in [3.63, 3.8) is 0 Å². The van der Waals surface area contributed by atoms with Gasteiger partial charge in [-0.3, -0.25) is 20.6 Å². The van der Waals surface area contributed by atoms with E-state index >= 15 is 0 Å². The van der Waals surface area contributed by atoms with E-state index in [0.29, 0.717) is 38.9 Å². The van der Waals surface area contributed by atoms with Crippen molar-refractivity contribution < 1.29 is 4.79 Å². The van der Waals surface area contributed by atoms with Crippen LogP contribution in [0.5, 0.6) is 0 Å². The Morgan fingerprint density at radius 2 is 1.84 bits per heavy atom. The minimum absolute atomic E-state index is 0.0897. The van der Waals surface area contributed by atoms with E-state index in [4.69, 9.17) is 45.2 Å². The number of nitrogens with one attached hydrogen (secondary N) is 2. The van der Waals surface area contributed by atoms with Crippen molar-refractivity contribution in [2.75, 3.05) is 6.54 Å². The number of benzene rings is 2. The van der Waals surface area contributed by atoms with E-state index in [-0.39, 0.29) is 11.1 Å². The smallest absolute Gasteiger partial charge is 0.279 e. The molecule has 0 saturated carbocycles. The fourth-order valence-electron chi connectivity index (χ4n) is 3.55. The van der Waals surface area contributed by atoms with Crippen molar-refractivity contribution >= 4 is 70.4 Å². The van der Waals surface area contributed by atoms with Gasteiger partial charge in [0.1, 0.15) is 5.71 Å². The number of carbonyl (C=O) groups is 1. The summed E-state index contributed by atoms with van der Waals surface area (Å²) < 4.78 is 0. The van der Waals surface area contributed by atoms with Gasteiger partial charge in [-0.2, -0.15) is 12.6 Å². The molecular weight excluding hydrogens is 487 g/mol. The number of piperidine rings is 1. The highest BCUT2D eigenvalue weighted by molar-refractivity contribution is 7.80. The number of hydrogen-bond acceptors (Lipinski definition) is 5. The average molecular weight is 512 g/mol. The number of amides is 1. The van der Waals surface area contributed by atoms with E-state index in [1.165, 1.54) is 0 Å². The molecule has 0 aliphatic carbocycles. The van der Waals surface area contributed by atoms with Crippen LogP contribution in [-0.2, 0) is 4.79 Å². The number of rotatable bonds is 6. The molecule has 9 heteroatoms. The Morgan fingerprint density at radius 1 is 1.19 bits per heavy atom. The minimum Gasteiger partial charge on any atom is -0.299 e. The Morgan fingerprint density at radius 3 is 2.50 bits per heavy atom. The van der Waals surface area contributed by atoms with Gasteiger partial charge in [-0.15, -0.1) is 0 Å². The fraction of sp³-hybridized carbons (Fsp3) is 0.348. The molecule has 1 saturated heterocycles. The molecule has 1 aliphatic rings. The molecule has 0 radical (unpaired) electrons. The molecule has 1 fully saturated rings. The van der Waals surface area contributed by atoms with E-state index in [9.17, 15) is 4.79 Å². The Hall–Kier alpha value is -1.57. The van der Waals surface area contributed by atoms with Gasteiger partial charge in [0.15, 0.2) is 0 Å². The standard InChI is InChI=1S/C23H25Cl3N4OS/c1-13-4-3-11-30(23(13)32)29-22(31)20(27)14(2)21(15-5-7-16(24)8-6-15)28-19-10-9-17(25)12-18(19)26/h5-10,12-14,23,27,32H,3-4,11H2,1-2H3,(H,29,31). The first kappa shape index (κ1) is 25.1. The SMILES string of the molecule is CC(C(=N)C(=O)NN1CCCC(C)C1S)C(=Nc1ccc(Cl)cc1Cl)c1ccc(Cl)cc1. The first-order valence-corrected chi connectivity index (χ1v) is 12.0. The molecule has 3 unspecified atom stereocenters. The number of hydrazine groups is 1. The molecule has 32 heavy (non-hydrogen) atoms. The zero-order chi connectivity index (χ0) is 23.4. The summed E-state index contributed by atoms with van der Waals surface area (Å²) in [6.07, 6.45) is 2.03. The van der Waals surface area contributed by atoms with Crippen LogP contribution >= 0.6 is 47.4 Å². The van der Waals surface area contributed by atoms with E-state index in [1.54, 1.807) is 42.3 Å². The third kappa shape index (κ3) is 6.06. The van der Waals surface area contributed by atoms with Crippen LogP contribution in [0.4, 0.5) is 5.69 Å². The van der Waals surface area contributed by atoms with Crippen LogP contribution in [0.2, 0.25) is 15.1 Å². The van der Waals surface area contributed by atoms with Crippen LogP contribution in [-0.4, -0.2) is 34.3 Å². The largest absolute Gasteiger partial charge is 0.299 e. The molecule has 3 atom stereocenters. The zero-order valence-electron chi connectivity index (χ0n) is 17.8. The summed E-state index contributed by atoms with van der Waals surface area (Å²) in [5, 5.41) is 11.8. The average Bonchev–Trinajstić information content (AvgIpc) is 2.76. The summed E-state index contributed by atoms with van der Waals surface area (Å²) in [6, 6.07) is 12.1. The van der Waals surface area contributed by atoms with Crippen molar-refractivity contribution in [1.82, 2.24) is 10.4 Å². The first-order valence-electron chi connectivity index (χ1n) is 10.3. The number of halogens is 3. The molecule has 1 aliphatic heterocycles. The molecule has 2 aromatic carbocycles. The van der Waals surface area contributed by atoms with Gasteiger partial charge in [-0.1, -0.05) is 60.8 Å². The predicted molar refractivity (Wildman–Crippen MR) is 137 cm³/mol. The molecule has 0 spiro atoms. The van der Waals surface area contributed by atoms with Gasteiger partial charge in [0.2, 0.25) is 0 Å². The van der Waals surface area contributed by atoms with Crippen LogP contribution in [0.3, 0.4) is 0 Å². The quantitative estimate of drug-likeness (QED) is 0.308. The van der Waals surface area contributed by atoms with Gasteiger partial charge in [0.25, 0.3) is 5.91 Å². The summed E-state index contributed by atoms with van der Waals surface area (Å²) >= 11 is 23.0. The fourth-order valence-corrected chi connectivity index (χ4v) is 4.45. The highest BCUT2D eigenvalue weighted by Crippen LogP contribution is 2.30. The second kappa shape index (κ2) is 11.0. The molecule has 2 N–H and O–H groups in total. The third-order valence-corrected chi connectivity index (χ3v) is 7.09. The second-order valence-electron chi connectivity index (χ2n) is 7.90. The van der Waals surface area contributed by atoms with Gasteiger partial charge in [0.05, 0.1) is 21.8 Å². The van der Waals surface area contributed by atoms with E-state index in [0.717, 1.165) is 18.4 Å². The Kier molecular flexibility index (Phi) is 8.64. The summed E-state index contributed by atoms with van der Waals surface area (Å²) in [4.78, 5) is 17.6. The Labute approximate surface area is 209 Å². The topological polar surface area (TPSA) is 68.6 Å². The first-order chi connectivity index (χ1) is 15.2. The molecule has 170 valence electrons. The highest BCUT2D eigenvalue weighted by Gasteiger charge is 2.30. The van der Waals surface area contributed by atoms with Crippen molar-refractivity contribution in [1.29, 1.82) is 5.41 Å². The number of thiol groups is 1. The van der Waals surface area contributed by atoms with Crippen LogP contribution in [0, 0.1) is 17.2 Å². The van der Waals surface area contributed by atoms with E-state index in [2.05, 4.69) is 25.0 Å². The third-order valence-electron chi connectivity index (χ3n) is 5.51. The van der Waals surface area contributed by atoms with Crippen LogP contribution in [0.15, 0.2) is 47.5 Å². The minimum atomic E-state index is -0.608. The maximum atomic E-state index is 12.9. The normalized spacial score (nSPS) is 20.6. The second-order valence-corrected chi connectivity index (χ2v) is 9.71. The molecule has 3 rings (SSSR count). The van der Waals surface area contributed by atoms with Crippen molar-refractivity contribution in [2.24, 2.45) is 16.8 Å². The number of hydrogen-bond donors (Lipinski definition) is 3. The summed E-state index contributed by atoms with van der Waals surface area (Å²) in [6.45, 7) is 4.58. The lowest BCUT2D eigenvalue weighted by Crippen LogP contribution is -2.54. The summed E-state index contributed by atoms with van der Waals surface area (Å²) in [5.41, 5.74) is 4.51. The van der Waals surface area contributed by atoms with Gasteiger partial charge in [0, 0.05) is 22.5 Å². The van der Waals surface area contributed by atoms with Crippen molar-refractivity contribution in [3.8, 4) is 0 Å². The summed E-state index contributed by atoms with van der Waals surface area (Å²) in [5.74, 6) is -0.741. The van der Waals surface area contributed by atoms with Crippen LogP contribution < -0.4 is 5.43 Å². The Bertz CT molecular complexity index is 1030. The van der Waals surface area contributed by atoms with Gasteiger partial charge in [-0.25, -0.2) is 5.01 Å². The lowest BCUT2D eigenvalue weighted by atomic mass is 9.93. The van der Waals surface area contributed by atoms with Gasteiger partial charge >= 0.3 is 0 Å². The molecule has 0 bridgehead atoms. The maximum absolute atomic E-state index is 12.9. The lowest BCUT2D eigenvalue weighted by Gasteiger charge is -2.37. The molecular formula is C23H25Cl3N4OS. The van der Waals surface area contributed by atoms with Crippen molar-refractivity contribution in [2.45, 2.75) is 32.1 Å². The molecule has 5 nitrogen and oxygen atoms in total. The highest BCUT2D eigenvalue weighted by atomic mass is 35.5. The van der Waals surface area contributed by atoms with Gasteiger partial charge < -0.3 is 0 Å². The monoisotopic (exact) mass is 510 g/mol. The number of carbonyl (C=O) groups excluding carboxylic acids is 1. The molecule has 0 aromatic heterocycles. The number of aliphatic imine (C=N–C) groups is 1. The van der Waals surface area contributed by atoms with Crippen LogP contribution in [0.1, 0.15) is 32.3 Å². The van der Waals surface area contributed by atoms with Crippen molar-refractivity contribution in [3.05, 3.63) is 63.1 Å².